The Morgan fingerprint density at radius 3 is 2.44 bits per heavy atom. The summed E-state index contributed by atoms with van der Waals surface area (Å²) in [5.74, 6) is -1.13. The number of nitrogens with two attached hydrogens (primary N) is 1. The number of nitrogens with one attached hydrogen (secondary N) is 2. The number of aromatic nitrogens is 4. The molecule has 0 aliphatic carbocycles. The number of unbranched alkanes of at least 4 members (excludes halogenated alkanes) is 4. The first-order valence-corrected chi connectivity index (χ1v) is 24.4. The van der Waals surface area contributed by atoms with Gasteiger partial charge in [0.15, 0.2) is 17.7 Å². The molecule has 10 N–H and O–H groups in total. The molecule has 61 heavy (non-hydrogen) atoms. The minimum atomic E-state index is -5.57. The molecule has 3 heterocycles. The number of nitrogen functional groups attached to an aromatic ring is 1. The van der Waals surface area contributed by atoms with Gasteiger partial charge in [0.2, 0.25) is 16.9 Å². The van der Waals surface area contributed by atoms with Gasteiger partial charge in [-0.2, -0.15) is 4.31 Å². The molecule has 0 spiro atoms. The second-order valence-electron chi connectivity index (χ2n) is 14.2. The molecule has 0 aromatic carbocycles. The second kappa shape index (κ2) is 24.2. The van der Waals surface area contributed by atoms with Crippen LogP contribution in [0.15, 0.2) is 37.0 Å². The SMILES string of the molecule is CCCCCC/C=C/C/C=C/C(=O)SCCNC(=O)CCNC(=O)[C@H](O)C(C)(C)COP(=O)(O)OP(=O)(O)OC[C@H]1O[C@@H](n2cnc3c(N)ncnc32)[C@H](O)[C@@H]1OP(=O)(O)O. The van der Waals surface area contributed by atoms with Crippen molar-refractivity contribution in [1.29, 1.82) is 0 Å². The first-order valence-electron chi connectivity index (χ1n) is 18.9. The summed E-state index contributed by atoms with van der Waals surface area (Å²) in [6.07, 6.45) is 6.88. The van der Waals surface area contributed by atoms with E-state index in [4.69, 9.17) is 19.5 Å². The van der Waals surface area contributed by atoms with Crippen LogP contribution < -0.4 is 16.4 Å². The number of rotatable bonds is 27. The van der Waals surface area contributed by atoms with Gasteiger partial charge in [0.1, 0.15) is 36.3 Å². The van der Waals surface area contributed by atoms with Gasteiger partial charge in [0, 0.05) is 30.7 Å². The third-order valence-electron chi connectivity index (χ3n) is 8.66. The van der Waals surface area contributed by atoms with E-state index >= 15 is 0 Å². The van der Waals surface area contributed by atoms with Gasteiger partial charge in [0.25, 0.3) is 0 Å². The Labute approximate surface area is 355 Å². The molecule has 2 aromatic heterocycles. The fraction of sp³-hybridized carbons (Fsp3) is 0.636. The molecule has 3 rings (SSSR count). The molecule has 0 saturated carbocycles. The number of nitrogens with zero attached hydrogens (tertiary/aromatic N) is 4. The molecule has 0 radical (unpaired) electrons. The summed E-state index contributed by atoms with van der Waals surface area (Å²) in [5, 5.41) is 26.3. The van der Waals surface area contributed by atoms with Crippen molar-refractivity contribution in [3.8, 4) is 0 Å². The molecule has 2 unspecified atom stereocenters. The van der Waals surface area contributed by atoms with Gasteiger partial charge in [-0.1, -0.05) is 70.0 Å². The summed E-state index contributed by atoms with van der Waals surface area (Å²) in [5.41, 5.74) is 4.27. The molecule has 28 heteroatoms. The molecule has 1 saturated heterocycles. The van der Waals surface area contributed by atoms with Crippen molar-refractivity contribution in [3.63, 3.8) is 0 Å². The maximum atomic E-state index is 12.7. The van der Waals surface area contributed by atoms with Crippen LogP contribution in [0.3, 0.4) is 0 Å². The summed E-state index contributed by atoms with van der Waals surface area (Å²) < 4.78 is 62.2. The normalized spacial score (nSPS) is 21.1. The monoisotopic (exact) mass is 945 g/mol. The van der Waals surface area contributed by atoms with Crippen LogP contribution in [-0.4, -0.2) is 123 Å². The number of allylic oxidation sites excluding steroid dienone is 3. The van der Waals surface area contributed by atoms with E-state index in [2.05, 4.69) is 47.4 Å². The fourth-order valence-electron chi connectivity index (χ4n) is 5.48. The lowest BCUT2D eigenvalue weighted by atomic mass is 9.87. The molecule has 344 valence electrons. The highest BCUT2D eigenvalue weighted by atomic mass is 32.2. The molecule has 7 atom stereocenters. The molecule has 24 nitrogen and oxygen atoms in total. The predicted molar refractivity (Wildman–Crippen MR) is 219 cm³/mol. The molecular weight excluding hydrogens is 891 g/mol. The number of aliphatic hydroxyl groups excluding tert-OH is 2. The lowest BCUT2D eigenvalue weighted by Gasteiger charge is -2.30. The number of fused-ring (bicyclic) bond motifs is 1. The minimum absolute atomic E-state index is 0.0304. The van der Waals surface area contributed by atoms with Crippen molar-refractivity contribution in [2.45, 2.75) is 96.4 Å². The summed E-state index contributed by atoms with van der Waals surface area (Å²) in [6, 6.07) is 0. The Bertz CT molecular complexity index is 1980. The fourth-order valence-corrected chi connectivity index (χ4v) is 8.90. The smallest absolute Gasteiger partial charge is 0.386 e. The summed E-state index contributed by atoms with van der Waals surface area (Å²) in [7, 11) is -16.4. The number of phosphoric ester groups is 3. The molecule has 1 fully saturated rings. The van der Waals surface area contributed by atoms with Crippen LogP contribution in [0.2, 0.25) is 0 Å². The summed E-state index contributed by atoms with van der Waals surface area (Å²) in [6.45, 7) is 2.64. The van der Waals surface area contributed by atoms with E-state index in [9.17, 15) is 57.9 Å². The van der Waals surface area contributed by atoms with E-state index in [0.717, 1.165) is 41.8 Å². The van der Waals surface area contributed by atoms with Gasteiger partial charge in [-0.3, -0.25) is 32.5 Å². The zero-order valence-electron chi connectivity index (χ0n) is 33.6. The number of hydrogen-bond acceptors (Lipinski definition) is 18. The van der Waals surface area contributed by atoms with E-state index in [1.807, 2.05) is 6.08 Å². The van der Waals surface area contributed by atoms with Crippen LogP contribution in [0.4, 0.5) is 5.82 Å². The first-order chi connectivity index (χ1) is 28.6. The zero-order valence-corrected chi connectivity index (χ0v) is 37.1. The van der Waals surface area contributed by atoms with Gasteiger partial charge in [-0.15, -0.1) is 0 Å². The second-order valence-corrected chi connectivity index (χ2v) is 19.5. The number of ether oxygens (including phenoxy) is 1. The Kier molecular flexibility index (Phi) is 20.8. The number of hydrogen-bond donors (Lipinski definition) is 9. The van der Waals surface area contributed by atoms with E-state index in [0.29, 0.717) is 12.2 Å². The van der Waals surface area contributed by atoms with E-state index in [-0.39, 0.29) is 41.6 Å². The number of imidazole rings is 1. The number of carbonyl (C=O) groups is 3. The number of aliphatic hydroxyl groups is 2. The maximum absolute atomic E-state index is 12.7. The molecule has 1 aliphatic rings. The topological polar surface area (TPSA) is 364 Å². The highest BCUT2D eigenvalue weighted by Crippen LogP contribution is 2.61. The number of amides is 2. The average Bonchev–Trinajstić information content (AvgIpc) is 3.73. The van der Waals surface area contributed by atoms with Gasteiger partial charge in [0.05, 0.1) is 19.5 Å². The quantitative estimate of drug-likeness (QED) is 0.0268. The highest BCUT2D eigenvalue weighted by Gasteiger charge is 2.50. The molecule has 2 amide bonds. The van der Waals surface area contributed by atoms with Crippen molar-refractivity contribution in [2.75, 3.05) is 37.8 Å². The lowest BCUT2D eigenvalue weighted by Crippen LogP contribution is -2.46. The van der Waals surface area contributed by atoms with Crippen molar-refractivity contribution in [2.24, 2.45) is 5.41 Å². The van der Waals surface area contributed by atoms with Gasteiger partial charge < -0.3 is 50.9 Å². The third-order valence-corrected chi connectivity index (χ3v) is 12.6. The molecule has 0 bridgehead atoms. The summed E-state index contributed by atoms with van der Waals surface area (Å²) >= 11 is 1.04. The average molecular weight is 946 g/mol. The van der Waals surface area contributed by atoms with Gasteiger partial charge in [-0.05, 0) is 25.3 Å². The number of carbonyl (C=O) groups excluding carboxylic acids is 3. The molecular formula is C33H54N7O17P3S. The van der Waals surface area contributed by atoms with Crippen LogP contribution in [-0.2, 0) is 50.7 Å². The first kappa shape index (κ1) is 52.4. The van der Waals surface area contributed by atoms with Crippen LogP contribution in [0.1, 0.15) is 71.9 Å². The van der Waals surface area contributed by atoms with Crippen LogP contribution >= 0.6 is 35.2 Å². The standard InChI is InChI=1S/C33H54N7O17P3S/c1-4-5-6-7-8-9-10-11-12-13-24(42)61-17-16-35-23(41)14-15-36-31(45)28(44)33(2,3)19-54-60(51,52)57-59(49,50)53-18-22-27(56-58(46,47)48)26(43)32(55-22)40-21-39-25-29(34)37-20-38-30(25)40/h9-10,12-13,20-22,26-28,32,43-44H,4-8,11,14-19H2,1-3H3,(H,35,41)(H,36,45)(H,49,50)(H,51,52)(H2,34,37,38)(H2,46,47,48)/b10-9+,13-12+/t22-,26-,27-,28+,32-/m1/s1. The molecule has 2 aromatic rings. The van der Waals surface area contributed by atoms with Crippen molar-refractivity contribution >= 4 is 69.1 Å². The number of phosphoric acid groups is 3. The highest BCUT2D eigenvalue weighted by molar-refractivity contribution is 8.14. The van der Waals surface area contributed by atoms with Crippen LogP contribution in [0, 0.1) is 5.41 Å². The van der Waals surface area contributed by atoms with E-state index in [1.54, 1.807) is 6.08 Å². The Morgan fingerprint density at radius 1 is 1.02 bits per heavy atom. The maximum Gasteiger partial charge on any atom is 0.481 e. The predicted octanol–water partition coefficient (Wildman–Crippen LogP) is 2.14. The largest absolute Gasteiger partial charge is 0.481 e. The van der Waals surface area contributed by atoms with Gasteiger partial charge >= 0.3 is 23.5 Å². The third kappa shape index (κ3) is 18.0. The number of thioether (sulfide) groups is 1. The van der Waals surface area contributed by atoms with Crippen LogP contribution in [0.5, 0.6) is 0 Å². The Hall–Kier alpha value is -2.96. The van der Waals surface area contributed by atoms with E-state index in [1.165, 1.54) is 39.2 Å². The summed E-state index contributed by atoms with van der Waals surface area (Å²) in [4.78, 5) is 87.8. The Morgan fingerprint density at radius 2 is 1.74 bits per heavy atom. The van der Waals surface area contributed by atoms with Crippen LogP contribution in [0.25, 0.3) is 11.2 Å². The lowest BCUT2D eigenvalue weighted by molar-refractivity contribution is -0.137. The van der Waals surface area contributed by atoms with Crippen molar-refractivity contribution in [3.05, 3.63) is 37.0 Å². The molecule has 1 aliphatic heterocycles. The number of anilines is 1. The minimum Gasteiger partial charge on any atom is -0.386 e. The van der Waals surface area contributed by atoms with E-state index < -0.39 is 84.6 Å². The van der Waals surface area contributed by atoms with Gasteiger partial charge in [-0.25, -0.2) is 28.6 Å². The Balaban J connectivity index is 1.41. The zero-order chi connectivity index (χ0) is 45.4. The van der Waals surface area contributed by atoms with Crippen molar-refractivity contribution < 1.29 is 80.5 Å². The van der Waals surface area contributed by atoms with Crippen molar-refractivity contribution in [1.82, 2.24) is 30.2 Å².